The summed E-state index contributed by atoms with van der Waals surface area (Å²) in [5.74, 6) is 4.89. The fourth-order valence-corrected chi connectivity index (χ4v) is 16.0. The molecule has 2 aliphatic carbocycles. The number of ether oxygens (including phenoxy) is 8. The smallest absolute Gasteiger partial charge is 0.343 e. The molecular formula is C104H128O16P2. The average molecular weight is 1700 g/mol. The molecule has 0 bridgehead atoms. The van der Waals surface area contributed by atoms with Crippen LogP contribution in [0.15, 0.2) is 231 Å². The maximum atomic E-state index is 13.7. The topological polar surface area (TPSA) is 179 Å². The second-order valence-electron chi connectivity index (χ2n) is 33.2. The van der Waals surface area contributed by atoms with E-state index in [1.54, 1.807) is 30.3 Å². The fraction of sp³-hybridized carbons (Fsp3) is 0.404. The van der Waals surface area contributed by atoms with Crippen LogP contribution >= 0.6 is 18.5 Å². The number of carbonyl (C=O) groups excluding carboxylic acids is 4. The van der Waals surface area contributed by atoms with Gasteiger partial charge in [-0.2, -0.15) is 4.89 Å². The molecular weight excluding hydrogens is 1570 g/mol. The van der Waals surface area contributed by atoms with Gasteiger partial charge in [-0.25, -0.2) is 29.0 Å². The zero-order valence-corrected chi connectivity index (χ0v) is 74.6. The maximum absolute atomic E-state index is 13.7. The van der Waals surface area contributed by atoms with Crippen molar-refractivity contribution in [1.82, 2.24) is 0 Å². The van der Waals surface area contributed by atoms with E-state index in [1.165, 1.54) is 105 Å². The van der Waals surface area contributed by atoms with Crippen LogP contribution in [0.1, 0.15) is 237 Å². The number of hydrogen-bond acceptors (Lipinski definition) is 16. The lowest BCUT2D eigenvalue weighted by Crippen LogP contribution is -2.34. The number of aryl methyl sites for hydroxylation is 2. The summed E-state index contributed by atoms with van der Waals surface area (Å²) in [4.78, 5) is 74.4. The van der Waals surface area contributed by atoms with Crippen molar-refractivity contribution in [3.8, 4) is 23.0 Å². The Bertz CT molecular complexity index is 4590. The molecule has 13 rings (SSSR count). The minimum atomic E-state index is -0.844. The van der Waals surface area contributed by atoms with E-state index < -0.39 is 42.2 Å². The normalized spacial score (nSPS) is 19.6. The van der Waals surface area contributed by atoms with Gasteiger partial charge in [-0.3, -0.25) is 0 Å². The molecule has 122 heavy (non-hydrogen) atoms. The third kappa shape index (κ3) is 29.3. The van der Waals surface area contributed by atoms with Crippen molar-refractivity contribution in [2.75, 3.05) is 45.4 Å². The quantitative estimate of drug-likeness (QED) is 0.00524. The molecule has 0 spiro atoms. The summed E-state index contributed by atoms with van der Waals surface area (Å²) < 4.78 is 47.1. The van der Waals surface area contributed by atoms with E-state index >= 15 is 0 Å². The highest BCUT2D eigenvalue weighted by Crippen LogP contribution is 2.41. The van der Waals surface area contributed by atoms with Crippen molar-refractivity contribution in [1.29, 1.82) is 0 Å². The van der Waals surface area contributed by atoms with Crippen LogP contribution in [0.2, 0.25) is 0 Å². The molecule has 0 aromatic heterocycles. The van der Waals surface area contributed by atoms with Gasteiger partial charge >= 0.3 is 23.9 Å². The van der Waals surface area contributed by atoms with E-state index in [1.807, 2.05) is 191 Å². The van der Waals surface area contributed by atoms with Crippen LogP contribution in [0.5, 0.6) is 23.0 Å². The van der Waals surface area contributed by atoms with E-state index in [0.717, 1.165) is 94.1 Å². The van der Waals surface area contributed by atoms with Crippen molar-refractivity contribution in [2.45, 2.75) is 200 Å². The molecule has 650 valence electrons. The lowest BCUT2D eigenvalue weighted by Gasteiger charge is -2.28. The lowest BCUT2D eigenvalue weighted by molar-refractivity contribution is -0.326. The van der Waals surface area contributed by atoms with Crippen molar-refractivity contribution in [2.24, 2.45) is 23.7 Å². The van der Waals surface area contributed by atoms with E-state index in [0.29, 0.717) is 78.3 Å². The summed E-state index contributed by atoms with van der Waals surface area (Å²) in [5.41, 5.74) is 12.6. The second-order valence-corrected chi connectivity index (χ2v) is 34.4. The molecule has 18 heteroatoms. The molecule has 4 aliphatic rings. The summed E-state index contributed by atoms with van der Waals surface area (Å²) in [7, 11) is 5.56. The van der Waals surface area contributed by atoms with Gasteiger partial charge in [0.05, 0.1) is 43.1 Å². The van der Waals surface area contributed by atoms with Crippen LogP contribution in [0.3, 0.4) is 0 Å². The van der Waals surface area contributed by atoms with Gasteiger partial charge in [-0.15, -0.1) is 18.5 Å². The highest BCUT2D eigenvalue weighted by atomic mass is 31.0. The van der Waals surface area contributed by atoms with Gasteiger partial charge in [0.1, 0.15) is 48.8 Å². The van der Waals surface area contributed by atoms with Crippen LogP contribution in [-0.2, 0) is 49.7 Å². The van der Waals surface area contributed by atoms with Crippen LogP contribution in [0, 0.1) is 51.4 Å². The summed E-state index contributed by atoms with van der Waals surface area (Å²) >= 11 is 0. The third-order valence-corrected chi connectivity index (χ3v) is 24.4. The first-order chi connectivity index (χ1) is 59.3. The monoisotopic (exact) mass is 1700 g/mol. The Morgan fingerprint density at radius 2 is 0.902 bits per heavy atom. The van der Waals surface area contributed by atoms with Crippen LogP contribution < -0.4 is 19.1 Å². The molecule has 2 aliphatic heterocycles. The standard InChI is InChI=1S/C42H46O4.C36H50O6P2.C26H28O6.2H2/c1-29-13-17-31(18-14-29)33-21-25-37(26-22-33)41(43)45-39(35-9-5-3-6-10-35)40(36-11-7-4-8-12-36)46-42(44)38-27-23-34(24-28-38)32-19-15-30(2)16-20-32;1-26(7-5-23-43)19-21-38-32-13-9-30(10-14-32)25-40-42-35-18-17-34(28(3)29(35)4)41-36(37)31-11-15-33(16-12-31)39-22-20-27(2)8-6-24-44;1-18-5-9-20(10-6-18)4-3-15-30-32-23-17-29-25-22(16-28-26(23)25)31-24(27)14-13-21-11-7-19(2)8-12-21;;/h3-12,21-32,39-40H,13-20H2,1-2H3;9-18,26-27H,5-8,19-25,43-44H2,1-4H3;3-14,22-23,25-26H,15-17H2,1-2H3;2*1H/b;;4-3+,14-13-;;/t29?,30?,31?,32?,39-,40-;;22-,23+,25+,26+;;/m1.1../s1/i;;;2*1+1. The first kappa shape index (κ1) is 93.1. The van der Waals surface area contributed by atoms with Gasteiger partial charge in [0, 0.05) is 14.5 Å². The SMILES string of the molecule is CC1CCC(c2ccc(C(=O)O[C@H](c3ccccc3)[C@H](OC(=O)c3ccc(C4CCC(C)CC4)cc3)c3ccccc3)cc2)CC1.Cc1c(OOCc2ccc(OCCC(C)CCCP)cc2)ccc(OC(=O)c2ccc(OCCC(C)CCCP)cc2)c1C.Cc1ccc(/C=C\C(=O)O[C@@H]2CO[C@@H]3[C@H]2OC[C@@H]3OOC/C=C/c2ccc(C)cc2)cc1.[2HH].[2HH]. The number of hydrogen-bond donors (Lipinski definition) is 0. The Morgan fingerprint density at radius 1 is 0.467 bits per heavy atom. The first-order valence-electron chi connectivity index (χ1n) is 43.7. The summed E-state index contributed by atoms with van der Waals surface area (Å²) in [6.45, 7) is 19.6. The van der Waals surface area contributed by atoms with Gasteiger partial charge in [0.2, 0.25) is 0 Å². The molecule has 2 saturated heterocycles. The van der Waals surface area contributed by atoms with Crippen LogP contribution in [0.4, 0.5) is 0 Å². The van der Waals surface area contributed by atoms with E-state index in [-0.39, 0.29) is 27.8 Å². The van der Waals surface area contributed by atoms with E-state index in [2.05, 4.69) is 89.5 Å². The Labute approximate surface area is 730 Å². The number of rotatable bonds is 37. The van der Waals surface area contributed by atoms with E-state index in [9.17, 15) is 19.2 Å². The summed E-state index contributed by atoms with van der Waals surface area (Å²) in [5, 5.41) is 0. The van der Waals surface area contributed by atoms with Gasteiger partial charge in [0.15, 0.2) is 24.1 Å². The van der Waals surface area contributed by atoms with Crippen molar-refractivity contribution < 1.29 is 79.5 Å². The largest absolute Gasteiger partial charge is 0.494 e. The van der Waals surface area contributed by atoms with Gasteiger partial charge in [-0.1, -0.05) is 235 Å². The maximum Gasteiger partial charge on any atom is 0.343 e. The minimum Gasteiger partial charge on any atom is -0.494 e. The molecule has 9 aromatic carbocycles. The Kier molecular flexibility index (Phi) is 37.4. The summed E-state index contributed by atoms with van der Waals surface area (Å²) in [6.07, 6.45) is 22.8. The van der Waals surface area contributed by atoms with Gasteiger partial charge in [-0.05, 0) is 250 Å². The van der Waals surface area contributed by atoms with Crippen molar-refractivity contribution >= 4 is 54.5 Å². The number of esters is 4. The predicted octanol–water partition coefficient (Wildman–Crippen LogP) is 24.5. The molecule has 2 heterocycles. The highest BCUT2D eigenvalue weighted by molar-refractivity contribution is 7.16. The first-order valence-corrected chi connectivity index (χ1v) is 45.3. The molecule has 4 unspecified atom stereocenters. The predicted molar refractivity (Wildman–Crippen MR) is 493 cm³/mol. The molecule has 0 amide bonds. The Morgan fingerprint density at radius 3 is 1.39 bits per heavy atom. The lowest BCUT2D eigenvalue weighted by atomic mass is 9.79. The third-order valence-electron chi connectivity index (χ3n) is 23.6. The molecule has 16 nitrogen and oxygen atoms in total. The molecule has 4 fully saturated rings. The number of carbonyl (C=O) groups is 4. The molecule has 2 saturated carbocycles. The molecule has 10 atom stereocenters. The second kappa shape index (κ2) is 49.0. The van der Waals surface area contributed by atoms with E-state index in [4.69, 9.17) is 57.4 Å². The van der Waals surface area contributed by atoms with Crippen molar-refractivity contribution in [3.05, 3.63) is 308 Å². The molecule has 0 N–H and O–H groups in total. The minimum absolute atomic E-state index is 0. The Balaban J connectivity index is 0.000000212. The number of fused-ring (bicyclic) bond motifs is 1. The highest BCUT2D eigenvalue weighted by Gasteiger charge is 2.51. The Hall–Kier alpha value is -9.60. The zero-order chi connectivity index (χ0) is 86.0. The average Bonchev–Trinajstić information content (AvgIpc) is 1.39. The van der Waals surface area contributed by atoms with Crippen molar-refractivity contribution in [3.63, 3.8) is 0 Å². The zero-order valence-electron chi connectivity index (χ0n) is 72.3. The van der Waals surface area contributed by atoms with Gasteiger partial charge in [0.25, 0.3) is 0 Å². The molecule has 0 radical (unpaired) electrons. The number of benzene rings is 9. The van der Waals surface area contributed by atoms with Gasteiger partial charge < -0.3 is 42.8 Å². The summed E-state index contributed by atoms with van der Waals surface area (Å²) in [6, 6.07) is 69.4. The fourth-order valence-electron chi connectivity index (χ4n) is 15.5. The van der Waals surface area contributed by atoms with Crippen LogP contribution in [0.25, 0.3) is 12.2 Å². The molecule has 9 aromatic rings. The van der Waals surface area contributed by atoms with Crippen LogP contribution in [-0.4, -0.2) is 93.7 Å².